The first-order valence-electron chi connectivity index (χ1n) is 47.5. The standard InChI is InChI=1S/C90H165ClN6O17S6/c1-8-15-21-27-33-39-45-51-75(98)108-81-73(71-119-117-69-59-94-89(115)92-57-61-96-63-66-105-67-64-96)106-87(85(112-79(102)55-49-43-37-31-25-19-12-5)83(81)110-77(100)53-47-41-35-29-23-17-10-3)114-88-86(113-80(103)56-50-44-38-32-26-20-13-6)84(111-78(101)54-48-42-36-30-24-18-11-4)82(109-76(99)52-46-40-34-28-22-16-9-2)74(107-88)72-120-118-70-60-95-90(116)93-58-62-97(91)65-68-104-14-7/h73-74,81-88H,8-72H2,1-7H3,(H2,92,94,115)(H2,93,95,116)/t73?,74-,81-,82-,83+,84?,85?,86?,87-,88-/m1/s1. The molecule has 0 spiro atoms. The number of nitrogens with one attached hydrogen (secondary N) is 4. The maximum absolute atomic E-state index is 15.0. The van der Waals surface area contributed by atoms with Gasteiger partial charge in [-0.2, -0.15) is 0 Å². The van der Waals surface area contributed by atoms with Gasteiger partial charge in [0, 0.05) is 127 Å². The number of halogens is 1. The molecular weight excluding hydrogens is 1660 g/mol. The van der Waals surface area contributed by atoms with E-state index in [-0.39, 0.29) is 50.0 Å². The van der Waals surface area contributed by atoms with Gasteiger partial charge in [-0.1, -0.05) is 316 Å². The lowest BCUT2D eigenvalue weighted by Crippen LogP contribution is -2.66. The minimum Gasteiger partial charge on any atom is -0.455 e. The lowest BCUT2D eigenvalue weighted by Gasteiger charge is -2.48. The molecule has 4 unspecified atom stereocenters. The van der Waals surface area contributed by atoms with Gasteiger partial charge in [0.15, 0.2) is 46.8 Å². The number of ether oxygens (including phenoxy) is 11. The number of hydrogen-bond donors (Lipinski definition) is 4. The SMILES string of the molecule is CCCCCCCCCC(=O)OC1C(OC(=O)CCCCCCCCC)[C@H](OC(=O)CCCCCCCCC)[C@@H](CSSCCNC(=S)NCCN(Cl)CCOCC)O[C@@H]1O[C@H]1OC(CSSCCNC(=S)NCCN2CCOCC2)[C@@H](OC(=O)CCCCCCCCC)[C@H](OC(=O)CCCCCCCCC)C1OC(=O)CCCCCCCCC. The fraction of sp³-hybridized carbons (Fsp3) is 0.911. The maximum Gasteiger partial charge on any atom is 0.306 e. The smallest absolute Gasteiger partial charge is 0.306 e. The lowest BCUT2D eigenvalue weighted by molar-refractivity contribution is -0.371. The number of carbonyl (C=O) groups is 6. The fourth-order valence-electron chi connectivity index (χ4n) is 14.6. The van der Waals surface area contributed by atoms with Crippen molar-refractivity contribution in [2.75, 3.05) is 108 Å². The molecule has 0 amide bonds. The summed E-state index contributed by atoms with van der Waals surface area (Å²) in [6, 6.07) is 0. The summed E-state index contributed by atoms with van der Waals surface area (Å²) in [6.07, 6.45) is 25.8. The van der Waals surface area contributed by atoms with Gasteiger partial charge in [-0.25, -0.2) is 4.42 Å². The Labute approximate surface area is 758 Å². The molecule has 3 rings (SSSR count). The molecule has 3 heterocycles. The van der Waals surface area contributed by atoms with Crippen LogP contribution in [0.2, 0.25) is 0 Å². The number of thiocarbonyl (C=S) groups is 2. The number of carbonyl (C=O) groups excluding carboxylic acids is 6. The van der Waals surface area contributed by atoms with Crippen molar-refractivity contribution in [2.24, 2.45) is 0 Å². The third-order valence-electron chi connectivity index (χ3n) is 21.7. The Bertz CT molecular complexity index is 2520. The van der Waals surface area contributed by atoms with Crippen LogP contribution in [-0.4, -0.2) is 225 Å². The fourth-order valence-corrected chi connectivity index (χ4v) is 19.3. The van der Waals surface area contributed by atoms with Crippen molar-refractivity contribution >= 4 is 125 Å². The van der Waals surface area contributed by atoms with E-state index in [9.17, 15) is 28.8 Å². The second-order valence-corrected chi connectivity index (χ2v) is 38.9. The van der Waals surface area contributed by atoms with Crippen LogP contribution in [0.1, 0.15) is 357 Å². The zero-order valence-electron chi connectivity index (χ0n) is 75.4. The summed E-state index contributed by atoms with van der Waals surface area (Å²) in [5, 5.41) is 14.2. The van der Waals surface area contributed by atoms with Crippen LogP contribution in [0.15, 0.2) is 0 Å². The van der Waals surface area contributed by atoms with Gasteiger partial charge < -0.3 is 73.4 Å². The quantitative estimate of drug-likeness (QED) is 0.0110. The summed E-state index contributed by atoms with van der Waals surface area (Å²) in [6.45, 7) is 23.5. The average Bonchev–Trinajstić information content (AvgIpc) is 0.766. The molecule has 3 aliphatic heterocycles. The Kier molecular flexibility index (Phi) is 72.4. The molecule has 30 heteroatoms. The highest BCUT2D eigenvalue weighted by molar-refractivity contribution is 8.77. The maximum atomic E-state index is 15.0. The molecule has 3 fully saturated rings. The molecule has 120 heavy (non-hydrogen) atoms. The summed E-state index contributed by atoms with van der Waals surface area (Å²) in [7, 11) is 5.97. The van der Waals surface area contributed by atoms with Crippen molar-refractivity contribution in [1.82, 2.24) is 30.6 Å². The second-order valence-electron chi connectivity index (χ2n) is 32.3. The van der Waals surface area contributed by atoms with E-state index in [1.54, 1.807) is 15.2 Å². The van der Waals surface area contributed by atoms with Gasteiger partial charge in [-0.05, 0) is 81.7 Å². The molecule has 0 aromatic heterocycles. The van der Waals surface area contributed by atoms with Crippen molar-refractivity contribution in [1.29, 1.82) is 0 Å². The molecule has 0 radical (unpaired) electrons. The van der Waals surface area contributed by atoms with Crippen LogP contribution in [0.3, 0.4) is 0 Å². The first-order valence-corrected chi connectivity index (χ1v) is 53.7. The van der Waals surface area contributed by atoms with Crippen molar-refractivity contribution in [3.63, 3.8) is 0 Å². The van der Waals surface area contributed by atoms with Crippen molar-refractivity contribution in [3.8, 4) is 0 Å². The highest BCUT2D eigenvalue weighted by atomic mass is 35.5. The Morgan fingerprint density at radius 2 is 0.650 bits per heavy atom. The lowest BCUT2D eigenvalue weighted by atomic mass is 9.97. The van der Waals surface area contributed by atoms with Gasteiger partial charge in [-0.15, -0.1) is 0 Å². The van der Waals surface area contributed by atoms with E-state index in [1.165, 1.54) is 32.4 Å². The molecule has 0 bridgehead atoms. The molecule has 700 valence electrons. The Morgan fingerprint density at radius 3 is 0.967 bits per heavy atom. The number of esters is 6. The molecule has 3 aliphatic rings. The first kappa shape index (κ1) is 112. The third kappa shape index (κ3) is 57.4. The van der Waals surface area contributed by atoms with Gasteiger partial charge >= 0.3 is 35.8 Å². The van der Waals surface area contributed by atoms with Gasteiger partial charge in [0.1, 0.15) is 12.2 Å². The summed E-state index contributed by atoms with van der Waals surface area (Å²) < 4.78 is 74.7. The monoisotopic (exact) mass is 1830 g/mol. The van der Waals surface area contributed by atoms with E-state index in [0.717, 1.165) is 251 Å². The average molecular weight is 1830 g/mol. The highest BCUT2D eigenvalue weighted by Gasteiger charge is 2.58. The molecular formula is C90H165ClN6O17S6. The molecule has 0 aliphatic carbocycles. The third-order valence-corrected chi connectivity index (χ3v) is 27.4. The Hall–Kier alpha value is -2.39. The van der Waals surface area contributed by atoms with Gasteiger partial charge in [-0.3, -0.25) is 33.7 Å². The van der Waals surface area contributed by atoms with Crippen molar-refractivity contribution < 1.29 is 80.9 Å². The molecule has 23 nitrogen and oxygen atoms in total. The predicted molar refractivity (Wildman–Crippen MR) is 502 cm³/mol. The van der Waals surface area contributed by atoms with E-state index < -0.39 is 97.2 Å². The van der Waals surface area contributed by atoms with Gasteiger partial charge in [0.05, 0.1) is 19.8 Å². The molecule has 3 saturated heterocycles. The summed E-state index contributed by atoms with van der Waals surface area (Å²) in [5.41, 5.74) is 0. The van der Waals surface area contributed by atoms with Crippen molar-refractivity contribution in [3.05, 3.63) is 0 Å². The molecule has 0 saturated carbocycles. The van der Waals surface area contributed by atoms with Crippen LogP contribution in [0.4, 0.5) is 0 Å². The number of rotatable bonds is 78. The van der Waals surface area contributed by atoms with Crippen LogP contribution < -0.4 is 21.3 Å². The number of morpholine rings is 1. The van der Waals surface area contributed by atoms with Crippen LogP contribution in [0, 0.1) is 0 Å². The van der Waals surface area contributed by atoms with Crippen LogP contribution in [0.5, 0.6) is 0 Å². The van der Waals surface area contributed by atoms with E-state index in [4.69, 9.17) is 88.3 Å². The summed E-state index contributed by atoms with van der Waals surface area (Å²) >= 11 is 17.8. The van der Waals surface area contributed by atoms with Gasteiger partial charge in [0.25, 0.3) is 0 Å². The summed E-state index contributed by atoms with van der Waals surface area (Å²) in [5.74, 6) is -1.99. The van der Waals surface area contributed by atoms with E-state index in [1.807, 2.05) is 6.92 Å². The topological polar surface area (TPSA) is 259 Å². The summed E-state index contributed by atoms with van der Waals surface area (Å²) in [4.78, 5) is 91.5. The minimum atomic E-state index is -1.68. The number of hydrogen-bond acceptors (Lipinski definition) is 25. The van der Waals surface area contributed by atoms with E-state index >= 15 is 0 Å². The molecule has 0 aromatic carbocycles. The minimum absolute atomic E-state index is 0.00605. The zero-order chi connectivity index (χ0) is 86.9. The van der Waals surface area contributed by atoms with E-state index in [0.29, 0.717) is 126 Å². The Morgan fingerprint density at radius 1 is 0.367 bits per heavy atom. The second kappa shape index (κ2) is 77.7. The first-order chi connectivity index (χ1) is 58.6. The van der Waals surface area contributed by atoms with Gasteiger partial charge in [0.2, 0.25) is 12.6 Å². The van der Waals surface area contributed by atoms with Crippen LogP contribution in [0.25, 0.3) is 0 Å². The van der Waals surface area contributed by atoms with Crippen LogP contribution in [-0.2, 0) is 80.9 Å². The molecule has 10 atom stereocenters. The zero-order valence-corrected chi connectivity index (χ0v) is 81.1. The van der Waals surface area contributed by atoms with Crippen LogP contribution >= 0.6 is 79.4 Å². The molecule has 0 aromatic rings. The Balaban J connectivity index is 2.36. The number of nitrogens with zero attached hydrogens (tertiary/aromatic N) is 2. The molecule has 4 N–H and O–H groups in total. The predicted octanol–water partition coefficient (Wildman–Crippen LogP) is 20.3. The largest absolute Gasteiger partial charge is 0.455 e. The highest BCUT2D eigenvalue weighted by Crippen LogP contribution is 2.40. The number of unbranched alkanes of at least 4 members (excludes halogenated alkanes) is 36. The van der Waals surface area contributed by atoms with Crippen molar-refractivity contribution in [2.45, 2.75) is 418 Å². The normalized spacial score (nSPS) is 20.0. The van der Waals surface area contributed by atoms with E-state index in [2.05, 4.69) is 67.7 Å².